The second kappa shape index (κ2) is 6.17. The number of benzene rings is 1. The van der Waals surface area contributed by atoms with Crippen molar-refractivity contribution in [1.82, 2.24) is 5.32 Å². The highest BCUT2D eigenvalue weighted by Gasteiger charge is 2.13. The number of amides is 1. The molecular formula is C11H15IN2O2. The molecule has 0 bridgehead atoms. The van der Waals surface area contributed by atoms with E-state index in [9.17, 15) is 9.90 Å². The molecule has 0 saturated carbocycles. The topological polar surface area (TPSA) is 75.3 Å². The smallest absolute Gasteiger partial charge is 0.252 e. The fraction of sp³-hybridized carbons (Fsp3) is 0.364. The summed E-state index contributed by atoms with van der Waals surface area (Å²) in [7, 11) is 0. The number of aliphatic hydroxyl groups excluding tert-OH is 1. The minimum Gasteiger partial charge on any atom is -0.392 e. The third-order valence-electron chi connectivity index (χ3n) is 2.24. The summed E-state index contributed by atoms with van der Waals surface area (Å²) in [4.78, 5) is 11.7. The summed E-state index contributed by atoms with van der Waals surface area (Å²) in [5.74, 6) is -0.166. The molecule has 1 amide bonds. The van der Waals surface area contributed by atoms with Crippen LogP contribution in [0, 0.1) is 3.57 Å². The molecule has 88 valence electrons. The van der Waals surface area contributed by atoms with E-state index in [0.29, 0.717) is 5.56 Å². The van der Waals surface area contributed by atoms with Gasteiger partial charge in [-0.1, -0.05) is 12.1 Å². The molecule has 0 spiro atoms. The van der Waals surface area contributed by atoms with Crippen molar-refractivity contribution in [1.29, 1.82) is 0 Å². The van der Waals surface area contributed by atoms with E-state index in [1.165, 1.54) is 0 Å². The van der Waals surface area contributed by atoms with Gasteiger partial charge in [-0.05, 0) is 41.6 Å². The van der Waals surface area contributed by atoms with Gasteiger partial charge in [0.15, 0.2) is 0 Å². The molecule has 0 radical (unpaired) electrons. The maximum absolute atomic E-state index is 11.7. The minimum absolute atomic E-state index is 0.166. The average molecular weight is 334 g/mol. The Bertz CT molecular complexity index is 369. The van der Waals surface area contributed by atoms with Crippen LogP contribution in [0.2, 0.25) is 0 Å². The van der Waals surface area contributed by atoms with Crippen LogP contribution >= 0.6 is 22.6 Å². The van der Waals surface area contributed by atoms with Gasteiger partial charge in [0.05, 0.1) is 11.7 Å². The van der Waals surface area contributed by atoms with Crippen molar-refractivity contribution in [2.75, 3.05) is 6.54 Å². The molecular weight excluding hydrogens is 319 g/mol. The predicted octanol–water partition coefficient (Wildman–Crippen LogP) is 0.729. The summed E-state index contributed by atoms with van der Waals surface area (Å²) in [5, 5.41) is 11.9. The number of halogens is 1. The summed E-state index contributed by atoms with van der Waals surface area (Å²) in [6, 6.07) is 6.87. The van der Waals surface area contributed by atoms with Crippen LogP contribution in [0.25, 0.3) is 0 Å². The van der Waals surface area contributed by atoms with Crippen molar-refractivity contribution in [2.45, 2.75) is 19.1 Å². The quantitative estimate of drug-likeness (QED) is 0.711. The molecule has 0 aliphatic heterocycles. The fourth-order valence-electron chi connectivity index (χ4n) is 1.12. The monoisotopic (exact) mass is 334 g/mol. The van der Waals surface area contributed by atoms with Crippen LogP contribution in [0.3, 0.4) is 0 Å². The third-order valence-corrected chi connectivity index (χ3v) is 3.18. The Morgan fingerprint density at radius 1 is 1.56 bits per heavy atom. The summed E-state index contributed by atoms with van der Waals surface area (Å²) in [5.41, 5.74) is 6.24. The van der Waals surface area contributed by atoms with E-state index in [4.69, 9.17) is 5.73 Å². The number of aliphatic hydroxyl groups is 1. The van der Waals surface area contributed by atoms with Crippen LogP contribution in [-0.2, 0) is 0 Å². The molecule has 4 N–H and O–H groups in total. The largest absolute Gasteiger partial charge is 0.392 e. The third kappa shape index (κ3) is 3.73. The van der Waals surface area contributed by atoms with Crippen molar-refractivity contribution in [3.8, 4) is 0 Å². The maximum atomic E-state index is 11.7. The first kappa shape index (κ1) is 13.4. The number of hydrogen-bond acceptors (Lipinski definition) is 3. The summed E-state index contributed by atoms with van der Waals surface area (Å²) >= 11 is 2.10. The van der Waals surface area contributed by atoms with Gasteiger partial charge < -0.3 is 16.2 Å². The average Bonchev–Trinajstić information content (AvgIpc) is 2.25. The van der Waals surface area contributed by atoms with Crippen LogP contribution in [0.5, 0.6) is 0 Å². The molecule has 0 heterocycles. The number of rotatable bonds is 4. The number of hydrogen-bond donors (Lipinski definition) is 3. The summed E-state index contributed by atoms with van der Waals surface area (Å²) in [6.07, 6.45) is -0.629. The van der Waals surface area contributed by atoms with Gasteiger partial charge in [0.1, 0.15) is 0 Å². The molecule has 1 aromatic carbocycles. The number of nitrogens with one attached hydrogen (secondary N) is 1. The lowest BCUT2D eigenvalue weighted by molar-refractivity contribution is 0.0936. The Balaban J connectivity index is 2.57. The van der Waals surface area contributed by atoms with Crippen molar-refractivity contribution in [3.63, 3.8) is 0 Å². The van der Waals surface area contributed by atoms with Crippen molar-refractivity contribution < 1.29 is 9.90 Å². The minimum atomic E-state index is -0.629. The lowest BCUT2D eigenvalue weighted by atomic mass is 10.2. The molecule has 0 aromatic heterocycles. The zero-order valence-corrected chi connectivity index (χ0v) is 11.1. The highest BCUT2D eigenvalue weighted by atomic mass is 127. The van der Waals surface area contributed by atoms with Crippen LogP contribution in [0.1, 0.15) is 17.3 Å². The van der Waals surface area contributed by atoms with Gasteiger partial charge in [0.25, 0.3) is 5.91 Å². The van der Waals surface area contributed by atoms with E-state index in [-0.39, 0.29) is 12.5 Å². The van der Waals surface area contributed by atoms with Crippen LogP contribution in [0.4, 0.5) is 0 Å². The van der Waals surface area contributed by atoms with E-state index in [1.54, 1.807) is 13.0 Å². The lowest BCUT2D eigenvalue weighted by Gasteiger charge is -2.15. The normalized spacial score (nSPS) is 14.2. The summed E-state index contributed by atoms with van der Waals surface area (Å²) < 4.78 is 0.892. The van der Waals surface area contributed by atoms with Crippen LogP contribution < -0.4 is 11.1 Å². The number of nitrogens with two attached hydrogens (primary N) is 1. The highest BCUT2D eigenvalue weighted by molar-refractivity contribution is 14.1. The van der Waals surface area contributed by atoms with Crippen molar-refractivity contribution >= 4 is 28.5 Å². The van der Waals surface area contributed by atoms with Gasteiger partial charge in [-0.3, -0.25) is 4.79 Å². The highest BCUT2D eigenvalue weighted by Crippen LogP contribution is 2.10. The molecule has 0 aliphatic rings. The van der Waals surface area contributed by atoms with Gasteiger partial charge in [-0.15, -0.1) is 0 Å². The molecule has 1 rings (SSSR count). The SMILES string of the molecule is CC(O)C(N)CNC(=O)c1ccccc1I. The molecule has 16 heavy (non-hydrogen) atoms. The first-order valence-electron chi connectivity index (χ1n) is 4.98. The van der Waals surface area contributed by atoms with E-state index >= 15 is 0 Å². The molecule has 1 aromatic rings. The Labute approximate surface area is 108 Å². The molecule has 0 aliphatic carbocycles. The first-order chi connectivity index (χ1) is 7.52. The van der Waals surface area contributed by atoms with E-state index < -0.39 is 12.1 Å². The lowest BCUT2D eigenvalue weighted by Crippen LogP contribution is -2.43. The van der Waals surface area contributed by atoms with Gasteiger partial charge in [0.2, 0.25) is 0 Å². The van der Waals surface area contributed by atoms with Crippen molar-refractivity contribution in [3.05, 3.63) is 33.4 Å². The molecule has 0 fully saturated rings. The van der Waals surface area contributed by atoms with E-state index in [0.717, 1.165) is 3.57 Å². The molecule has 5 heteroatoms. The maximum Gasteiger partial charge on any atom is 0.252 e. The van der Waals surface area contributed by atoms with Gasteiger partial charge >= 0.3 is 0 Å². The standard InChI is InChI=1S/C11H15IN2O2/c1-7(15)10(13)6-14-11(16)8-4-2-3-5-9(8)12/h2-5,7,10,15H,6,13H2,1H3,(H,14,16). The van der Waals surface area contributed by atoms with Crippen LogP contribution in [-0.4, -0.2) is 29.7 Å². The molecule has 4 nitrogen and oxygen atoms in total. The predicted molar refractivity (Wildman–Crippen MR) is 71.1 cm³/mol. The Morgan fingerprint density at radius 2 is 2.19 bits per heavy atom. The first-order valence-corrected chi connectivity index (χ1v) is 6.06. The Hall–Kier alpha value is -0.660. The summed E-state index contributed by atoms with van der Waals surface area (Å²) in [6.45, 7) is 1.87. The molecule has 2 unspecified atom stereocenters. The van der Waals surface area contributed by atoms with Gasteiger partial charge in [-0.2, -0.15) is 0 Å². The van der Waals surface area contributed by atoms with Crippen molar-refractivity contribution in [2.24, 2.45) is 5.73 Å². The number of carbonyl (C=O) groups excluding carboxylic acids is 1. The zero-order valence-electron chi connectivity index (χ0n) is 8.98. The zero-order chi connectivity index (χ0) is 12.1. The molecule has 0 saturated heterocycles. The van der Waals surface area contributed by atoms with E-state index in [1.807, 2.05) is 18.2 Å². The number of carbonyl (C=O) groups is 1. The second-order valence-corrected chi connectivity index (χ2v) is 4.76. The van der Waals surface area contributed by atoms with Crippen LogP contribution in [0.15, 0.2) is 24.3 Å². The van der Waals surface area contributed by atoms with Gasteiger partial charge in [0, 0.05) is 16.2 Å². The molecule has 2 atom stereocenters. The van der Waals surface area contributed by atoms with E-state index in [2.05, 4.69) is 27.9 Å². The van der Waals surface area contributed by atoms with Gasteiger partial charge in [-0.25, -0.2) is 0 Å². The fourth-order valence-corrected chi connectivity index (χ4v) is 1.75. The Morgan fingerprint density at radius 3 is 2.75 bits per heavy atom. The Kier molecular flexibility index (Phi) is 5.17. The second-order valence-electron chi connectivity index (χ2n) is 3.59.